The van der Waals surface area contributed by atoms with E-state index in [-0.39, 0.29) is 11.4 Å². The third kappa shape index (κ3) is 3.20. The summed E-state index contributed by atoms with van der Waals surface area (Å²) in [6.07, 6.45) is 14.9. The maximum absolute atomic E-state index is 13.0. The molecule has 0 aromatic carbocycles. The largest absolute Gasteiger partial charge is 0.332 e. The smallest absolute Gasteiger partial charge is 0.247 e. The first-order chi connectivity index (χ1) is 12.2. The first-order valence-corrected chi connectivity index (χ1v) is 9.45. The van der Waals surface area contributed by atoms with Crippen LogP contribution < -0.4 is 0 Å². The lowest BCUT2D eigenvalue weighted by Gasteiger charge is -2.60. The number of hydrogen-bond acceptors (Lipinski definition) is 3. The monoisotopic (exact) mass is 335 g/mol. The Kier molecular flexibility index (Phi) is 4.33. The zero-order valence-corrected chi connectivity index (χ0v) is 14.6. The highest BCUT2D eigenvalue weighted by atomic mass is 16.2. The van der Waals surface area contributed by atoms with Crippen molar-refractivity contribution in [3.63, 3.8) is 0 Å². The van der Waals surface area contributed by atoms with Crippen LogP contribution in [0.1, 0.15) is 50.5 Å². The van der Waals surface area contributed by atoms with Crippen LogP contribution in [0.3, 0.4) is 0 Å². The summed E-state index contributed by atoms with van der Waals surface area (Å²) in [6.45, 7) is 0.554. The van der Waals surface area contributed by atoms with Crippen molar-refractivity contribution >= 4 is 12.0 Å². The molecule has 4 saturated carbocycles. The molecule has 4 aliphatic rings. The highest BCUT2D eigenvalue weighted by Gasteiger charge is 2.54. The second kappa shape index (κ2) is 6.63. The minimum absolute atomic E-state index is 0.00195. The predicted octanol–water partition coefficient (Wildman–Crippen LogP) is 3.81. The van der Waals surface area contributed by atoms with Crippen molar-refractivity contribution in [2.24, 2.45) is 17.8 Å². The van der Waals surface area contributed by atoms with Crippen LogP contribution in [0.5, 0.6) is 0 Å². The highest BCUT2D eigenvalue weighted by Crippen LogP contribution is 2.57. The molecule has 5 rings (SSSR count). The molecule has 4 bridgehead atoms. The van der Waals surface area contributed by atoms with Crippen molar-refractivity contribution in [1.82, 2.24) is 9.88 Å². The van der Waals surface area contributed by atoms with E-state index in [1.165, 1.54) is 19.3 Å². The Hall–Kier alpha value is -2.15. The lowest BCUT2D eigenvalue weighted by molar-refractivity contribution is -0.145. The highest BCUT2D eigenvalue weighted by molar-refractivity contribution is 5.92. The van der Waals surface area contributed by atoms with Crippen molar-refractivity contribution in [2.45, 2.75) is 50.5 Å². The van der Waals surface area contributed by atoms with Crippen LogP contribution >= 0.6 is 0 Å². The summed E-state index contributed by atoms with van der Waals surface area (Å²) in [7, 11) is 0. The summed E-state index contributed by atoms with van der Waals surface area (Å²) in [4.78, 5) is 19.2. The van der Waals surface area contributed by atoms with Gasteiger partial charge >= 0.3 is 0 Å². The van der Waals surface area contributed by atoms with Gasteiger partial charge < -0.3 is 4.90 Å². The van der Waals surface area contributed by atoms with Gasteiger partial charge in [0.25, 0.3) is 0 Å². The van der Waals surface area contributed by atoms with E-state index in [1.54, 1.807) is 18.5 Å². The Morgan fingerprint density at radius 2 is 1.96 bits per heavy atom. The molecule has 0 atom stereocenters. The molecule has 130 valence electrons. The molecule has 0 unspecified atom stereocenters. The summed E-state index contributed by atoms with van der Waals surface area (Å²) < 4.78 is 0. The lowest BCUT2D eigenvalue weighted by Crippen LogP contribution is -2.61. The summed E-state index contributed by atoms with van der Waals surface area (Å²) in [5, 5.41) is 9.07. The topological polar surface area (TPSA) is 57.0 Å². The minimum atomic E-state index is 0.00195. The van der Waals surface area contributed by atoms with Gasteiger partial charge in [0.2, 0.25) is 5.91 Å². The number of pyridine rings is 1. The van der Waals surface area contributed by atoms with Gasteiger partial charge in [0, 0.05) is 30.6 Å². The molecule has 1 heterocycles. The number of aromatic nitrogens is 1. The van der Waals surface area contributed by atoms with Gasteiger partial charge in [0.1, 0.15) is 0 Å². The SMILES string of the molecule is N#CCCN(C(=O)/C=C/c1cccnc1)C12CC3CC(CC(C3)C1)C2. The molecule has 0 spiro atoms. The molecule has 4 heteroatoms. The fourth-order valence-corrected chi connectivity index (χ4v) is 5.87. The summed E-state index contributed by atoms with van der Waals surface area (Å²) in [5.74, 6) is 2.41. The number of carbonyl (C=O) groups excluding carboxylic acids is 1. The lowest BCUT2D eigenvalue weighted by atomic mass is 9.52. The van der Waals surface area contributed by atoms with Gasteiger partial charge in [-0.3, -0.25) is 9.78 Å². The Bertz CT molecular complexity index is 668. The van der Waals surface area contributed by atoms with E-state index in [9.17, 15) is 4.79 Å². The Balaban J connectivity index is 1.57. The van der Waals surface area contributed by atoms with Gasteiger partial charge in [-0.25, -0.2) is 0 Å². The van der Waals surface area contributed by atoms with E-state index >= 15 is 0 Å². The van der Waals surface area contributed by atoms with E-state index in [1.807, 2.05) is 23.1 Å². The van der Waals surface area contributed by atoms with Gasteiger partial charge in [0.15, 0.2) is 0 Å². The van der Waals surface area contributed by atoms with Crippen LogP contribution in [0.2, 0.25) is 0 Å². The van der Waals surface area contributed by atoms with E-state index in [0.717, 1.165) is 42.6 Å². The van der Waals surface area contributed by atoms with Crippen molar-refractivity contribution in [3.8, 4) is 6.07 Å². The minimum Gasteiger partial charge on any atom is -0.332 e. The third-order valence-electron chi connectivity index (χ3n) is 6.39. The van der Waals surface area contributed by atoms with Crippen LogP contribution in [0.15, 0.2) is 30.6 Å². The molecule has 1 aromatic heterocycles. The average molecular weight is 335 g/mol. The molecule has 1 amide bonds. The number of hydrogen-bond donors (Lipinski definition) is 0. The van der Waals surface area contributed by atoms with Crippen LogP contribution in [0.4, 0.5) is 0 Å². The van der Waals surface area contributed by atoms with Crippen molar-refractivity contribution < 1.29 is 4.79 Å². The van der Waals surface area contributed by atoms with Gasteiger partial charge in [0.05, 0.1) is 12.5 Å². The molecule has 4 nitrogen and oxygen atoms in total. The molecule has 0 saturated heterocycles. The van der Waals surface area contributed by atoms with Gasteiger partial charge in [-0.1, -0.05) is 6.07 Å². The molecular formula is C21H25N3O. The Morgan fingerprint density at radius 3 is 2.52 bits per heavy atom. The molecule has 1 aromatic rings. The average Bonchev–Trinajstić information content (AvgIpc) is 2.60. The zero-order chi connectivity index (χ0) is 17.3. The summed E-state index contributed by atoms with van der Waals surface area (Å²) in [6, 6.07) is 6.05. The number of nitrogens with zero attached hydrogens (tertiary/aromatic N) is 3. The maximum Gasteiger partial charge on any atom is 0.247 e. The van der Waals surface area contributed by atoms with Gasteiger partial charge in [-0.15, -0.1) is 0 Å². The Labute approximate surface area is 149 Å². The van der Waals surface area contributed by atoms with E-state index in [4.69, 9.17) is 5.26 Å². The molecule has 0 radical (unpaired) electrons. The maximum atomic E-state index is 13.0. The standard InChI is InChI=1S/C21H25N3O/c22-6-2-8-24(20(25)5-4-16-3-1-7-23-15-16)21-12-17-9-18(13-21)11-19(10-17)14-21/h1,3-5,7,15,17-19H,2,8-14H2/b5-4+. The van der Waals surface area contributed by atoms with E-state index in [0.29, 0.717) is 13.0 Å². The van der Waals surface area contributed by atoms with Crippen LogP contribution in [-0.4, -0.2) is 27.9 Å². The number of nitriles is 1. The number of amides is 1. The van der Waals surface area contributed by atoms with Crippen molar-refractivity contribution in [3.05, 3.63) is 36.2 Å². The fourth-order valence-electron chi connectivity index (χ4n) is 5.87. The number of carbonyl (C=O) groups is 1. The zero-order valence-electron chi connectivity index (χ0n) is 14.6. The summed E-state index contributed by atoms with van der Waals surface area (Å²) >= 11 is 0. The van der Waals surface area contributed by atoms with Crippen LogP contribution in [0, 0.1) is 29.1 Å². The van der Waals surface area contributed by atoms with E-state index < -0.39 is 0 Å². The first kappa shape index (κ1) is 16.3. The quantitative estimate of drug-likeness (QED) is 0.769. The Morgan fingerprint density at radius 1 is 1.28 bits per heavy atom. The second-order valence-electron chi connectivity index (χ2n) is 8.16. The van der Waals surface area contributed by atoms with E-state index in [2.05, 4.69) is 11.1 Å². The first-order valence-electron chi connectivity index (χ1n) is 9.45. The second-order valence-corrected chi connectivity index (χ2v) is 8.16. The van der Waals surface area contributed by atoms with Crippen molar-refractivity contribution in [1.29, 1.82) is 5.26 Å². The van der Waals surface area contributed by atoms with Crippen LogP contribution in [-0.2, 0) is 4.79 Å². The van der Waals surface area contributed by atoms with Gasteiger partial charge in [-0.2, -0.15) is 5.26 Å². The predicted molar refractivity (Wildman–Crippen MR) is 96.1 cm³/mol. The molecule has 0 aliphatic heterocycles. The number of rotatable bonds is 5. The molecule has 25 heavy (non-hydrogen) atoms. The third-order valence-corrected chi connectivity index (χ3v) is 6.39. The molecular weight excluding hydrogens is 310 g/mol. The fraction of sp³-hybridized carbons (Fsp3) is 0.571. The molecule has 0 N–H and O–H groups in total. The van der Waals surface area contributed by atoms with Crippen molar-refractivity contribution in [2.75, 3.05) is 6.54 Å². The van der Waals surface area contributed by atoms with Gasteiger partial charge in [-0.05, 0) is 74.0 Å². The molecule has 4 aliphatic carbocycles. The normalized spacial score (nSPS) is 32.7. The summed E-state index contributed by atoms with van der Waals surface area (Å²) in [5.41, 5.74) is 0.934. The molecule has 4 fully saturated rings. The van der Waals surface area contributed by atoms with Crippen LogP contribution in [0.25, 0.3) is 6.08 Å².